The highest BCUT2D eigenvalue weighted by Crippen LogP contribution is 2.33. The van der Waals surface area contributed by atoms with Crippen molar-refractivity contribution in [3.8, 4) is 10.8 Å². The van der Waals surface area contributed by atoms with Crippen molar-refractivity contribution in [2.75, 3.05) is 13.7 Å². The standard InChI is InChI=1S/C9H14O2S/c1-3-4-6-11-9-8(10-2)5-7-12-9/h5,7H,3-4,6H2,1-2H3. The summed E-state index contributed by atoms with van der Waals surface area (Å²) in [6, 6.07) is 1.92. The van der Waals surface area contributed by atoms with Crippen LogP contribution < -0.4 is 9.47 Å². The zero-order valence-electron chi connectivity index (χ0n) is 7.50. The van der Waals surface area contributed by atoms with Gasteiger partial charge in [-0.25, -0.2) is 0 Å². The first-order valence-corrected chi connectivity index (χ1v) is 5.00. The average molecular weight is 186 g/mol. The van der Waals surface area contributed by atoms with Crippen LogP contribution in [0.5, 0.6) is 10.8 Å². The van der Waals surface area contributed by atoms with Gasteiger partial charge in [-0.1, -0.05) is 13.3 Å². The fourth-order valence-corrected chi connectivity index (χ4v) is 1.58. The van der Waals surface area contributed by atoms with Crippen LogP contribution in [-0.2, 0) is 0 Å². The molecule has 1 heterocycles. The van der Waals surface area contributed by atoms with Crippen LogP contribution in [0, 0.1) is 0 Å². The van der Waals surface area contributed by atoms with Crippen molar-refractivity contribution in [1.29, 1.82) is 0 Å². The van der Waals surface area contributed by atoms with Crippen LogP contribution >= 0.6 is 11.3 Å². The van der Waals surface area contributed by atoms with Gasteiger partial charge in [0.1, 0.15) is 0 Å². The van der Waals surface area contributed by atoms with Crippen LogP contribution in [-0.4, -0.2) is 13.7 Å². The summed E-state index contributed by atoms with van der Waals surface area (Å²) in [6.07, 6.45) is 2.26. The molecule has 0 N–H and O–H groups in total. The second-order valence-corrected chi connectivity index (χ2v) is 3.36. The highest BCUT2D eigenvalue weighted by atomic mass is 32.1. The quantitative estimate of drug-likeness (QED) is 0.658. The molecule has 0 bridgehead atoms. The molecule has 1 aromatic heterocycles. The van der Waals surface area contributed by atoms with E-state index in [9.17, 15) is 0 Å². The molecule has 0 saturated carbocycles. The molecule has 0 aliphatic heterocycles. The van der Waals surface area contributed by atoms with E-state index in [1.165, 1.54) is 0 Å². The Bertz CT molecular complexity index is 220. The van der Waals surface area contributed by atoms with Gasteiger partial charge in [0.05, 0.1) is 13.7 Å². The summed E-state index contributed by atoms with van der Waals surface area (Å²) in [5.41, 5.74) is 0. The smallest absolute Gasteiger partial charge is 0.216 e. The van der Waals surface area contributed by atoms with Crippen molar-refractivity contribution in [3.05, 3.63) is 11.4 Å². The van der Waals surface area contributed by atoms with Gasteiger partial charge in [0.15, 0.2) is 5.75 Å². The Morgan fingerprint density at radius 1 is 1.50 bits per heavy atom. The zero-order chi connectivity index (χ0) is 8.81. The predicted octanol–water partition coefficient (Wildman–Crippen LogP) is 2.94. The lowest BCUT2D eigenvalue weighted by Crippen LogP contribution is -1.95. The lowest BCUT2D eigenvalue weighted by molar-refractivity contribution is 0.298. The van der Waals surface area contributed by atoms with Crippen LogP contribution in [0.1, 0.15) is 19.8 Å². The van der Waals surface area contributed by atoms with Gasteiger partial charge in [0, 0.05) is 0 Å². The summed E-state index contributed by atoms with van der Waals surface area (Å²) >= 11 is 1.58. The van der Waals surface area contributed by atoms with Crippen LogP contribution in [0.4, 0.5) is 0 Å². The summed E-state index contributed by atoms with van der Waals surface area (Å²) in [7, 11) is 1.66. The number of hydrogen-bond donors (Lipinski definition) is 0. The van der Waals surface area contributed by atoms with Gasteiger partial charge >= 0.3 is 0 Å². The van der Waals surface area contributed by atoms with E-state index in [1.807, 2.05) is 11.4 Å². The van der Waals surface area contributed by atoms with E-state index < -0.39 is 0 Å². The zero-order valence-corrected chi connectivity index (χ0v) is 8.32. The van der Waals surface area contributed by atoms with Crippen molar-refractivity contribution in [1.82, 2.24) is 0 Å². The molecule has 68 valence electrons. The molecular formula is C9H14O2S. The summed E-state index contributed by atoms with van der Waals surface area (Å²) in [4.78, 5) is 0. The van der Waals surface area contributed by atoms with E-state index in [1.54, 1.807) is 18.4 Å². The average Bonchev–Trinajstić information content (AvgIpc) is 2.52. The fraction of sp³-hybridized carbons (Fsp3) is 0.556. The van der Waals surface area contributed by atoms with E-state index in [0.29, 0.717) is 0 Å². The summed E-state index contributed by atoms with van der Waals surface area (Å²) < 4.78 is 10.6. The fourth-order valence-electron chi connectivity index (χ4n) is 0.849. The highest BCUT2D eigenvalue weighted by molar-refractivity contribution is 7.12. The minimum Gasteiger partial charge on any atom is -0.492 e. The lowest BCUT2D eigenvalue weighted by Gasteiger charge is -2.04. The Morgan fingerprint density at radius 2 is 2.33 bits per heavy atom. The number of ether oxygens (including phenoxy) is 2. The Morgan fingerprint density at radius 3 is 3.00 bits per heavy atom. The molecule has 0 fully saturated rings. The summed E-state index contributed by atoms with van der Waals surface area (Å²) in [5.74, 6) is 0.844. The number of unbranched alkanes of at least 4 members (excludes halogenated alkanes) is 1. The number of rotatable bonds is 5. The summed E-state index contributed by atoms with van der Waals surface area (Å²) in [6.45, 7) is 2.93. The molecule has 0 spiro atoms. The molecule has 0 aliphatic carbocycles. The molecule has 12 heavy (non-hydrogen) atoms. The van der Waals surface area contributed by atoms with Crippen LogP contribution in [0.3, 0.4) is 0 Å². The normalized spacial score (nSPS) is 9.83. The first-order chi connectivity index (χ1) is 5.88. The van der Waals surface area contributed by atoms with Gasteiger partial charge in [-0.2, -0.15) is 0 Å². The Hall–Kier alpha value is -0.700. The van der Waals surface area contributed by atoms with Crippen LogP contribution in [0.15, 0.2) is 11.4 Å². The first-order valence-electron chi connectivity index (χ1n) is 4.12. The highest BCUT2D eigenvalue weighted by Gasteiger charge is 2.03. The molecule has 2 nitrogen and oxygen atoms in total. The monoisotopic (exact) mass is 186 g/mol. The SMILES string of the molecule is CCCCOc1sccc1OC. The molecule has 1 rings (SSSR count). The lowest BCUT2D eigenvalue weighted by atomic mass is 10.4. The Labute approximate surface area is 77.1 Å². The van der Waals surface area contributed by atoms with Crippen molar-refractivity contribution < 1.29 is 9.47 Å². The maximum atomic E-state index is 5.50. The molecule has 1 aromatic rings. The van der Waals surface area contributed by atoms with E-state index in [-0.39, 0.29) is 0 Å². The maximum absolute atomic E-state index is 5.50. The molecule has 0 saturated heterocycles. The number of hydrogen-bond acceptors (Lipinski definition) is 3. The molecule has 0 radical (unpaired) electrons. The predicted molar refractivity (Wildman–Crippen MR) is 51.3 cm³/mol. The van der Waals surface area contributed by atoms with Gasteiger partial charge in [-0.15, -0.1) is 11.3 Å². The third-order valence-electron chi connectivity index (χ3n) is 1.55. The van der Waals surface area contributed by atoms with Gasteiger partial charge in [-0.05, 0) is 17.9 Å². The van der Waals surface area contributed by atoms with Crippen LogP contribution in [0.2, 0.25) is 0 Å². The third-order valence-corrected chi connectivity index (χ3v) is 2.35. The number of methoxy groups -OCH3 is 1. The third kappa shape index (κ3) is 2.41. The molecule has 3 heteroatoms. The van der Waals surface area contributed by atoms with Crippen LogP contribution in [0.25, 0.3) is 0 Å². The molecule has 0 unspecified atom stereocenters. The van der Waals surface area contributed by atoms with E-state index in [4.69, 9.17) is 9.47 Å². The first kappa shape index (κ1) is 9.39. The van der Waals surface area contributed by atoms with E-state index in [0.717, 1.165) is 30.3 Å². The molecular weight excluding hydrogens is 172 g/mol. The number of thiophene rings is 1. The Kier molecular flexibility index (Phi) is 3.94. The second-order valence-electron chi connectivity index (χ2n) is 2.48. The van der Waals surface area contributed by atoms with Crippen molar-refractivity contribution in [3.63, 3.8) is 0 Å². The van der Waals surface area contributed by atoms with Gasteiger partial charge in [-0.3, -0.25) is 0 Å². The molecule has 0 atom stereocenters. The molecule has 0 aromatic carbocycles. The molecule has 0 aliphatic rings. The largest absolute Gasteiger partial charge is 0.492 e. The van der Waals surface area contributed by atoms with E-state index in [2.05, 4.69) is 6.92 Å². The molecule has 0 amide bonds. The Balaban J connectivity index is 2.39. The minimum absolute atomic E-state index is 0.785. The summed E-state index contributed by atoms with van der Waals surface area (Å²) in [5, 5.41) is 2.87. The van der Waals surface area contributed by atoms with E-state index >= 15 is 0 Å². The minimum atomic E-state index is 0.785. The van der Waals surface area contributed by atoms with Crippen molar-refractivity contribution in [2.45, 2.75) is 19.8 Å². The topological polar surface area (TPSA) is 18.5 Å². The van der Waals surface area contributed by atoms with Gasteiger partial charge in [0.2, 0.25) is 5.06 Å². The maximum Gasteiger partial charge on any atom is 0.216 e. The van der Waals surface area contributed by atoms with Gasteiger partial charge in [0.25, 0.3) is 0 Å². The second kappa shape index (κ2) is 5.04. The van der Waals surface area contributed by atoms with Crippen molar-refractivity contribution in [2.24, 2.45) is 0 Å². The van der Waals surface area contributed by atoms with Gasteiger partial charge < -0.3 is 9.47 Å². The van der Waals surface area contributed by atoms with Crippen molar-refractivity contribution >= 4 is 11.3 Å².